The summed E-state index contributed by atoms with van der Waals surface area (Å²) in [7, 11) is 3.87. The van der Waals surface area contributed by atoms with Crippen molar-refractivity contribution in [2.75, 3.05) is 20.6 Å². The third kappa shape index (κ3) is 1.88. The van der Waals surface area contributed by atoms with Crippen LogP contribution >= 0.6 is 0 Å². The smallest absolute Gasteiger partial charge is 0.195 e. The van der Waals surface area contributed by atoms with Gasteiger partial charge in [-0.05, 0) is 32.6 Å². The monoisotopic (exact) mass is 222 g/mol. The summed E-state index contributed by atoms with van der Waals surface area (Å²) in [6, 6.07) is 5.04. The van der Waals surface area contributed by atoms with Crippen LogP contribution in [-0.4, -0.2) is 35.6 Å². The van der Waals surface area contributed by atoms with E-state index in [1.54, 1.807) is 18.2 Å². The lowest BCUT2D eigenvalue weighted by Crippen LogP contribution is -2.15. The average Bonchev–Trinajstić information content (AvgIpc) is 2.52. The number of nitrogens with one attached hydrogen (secondary N) is 1. The molecule has 3 nitrogen and oxygen atoms in total. The van der Waals surface area contributed by atoms with Crippen molar-refractivity contribution in [3.8, 4) is 5.75 Å². The Labute approximate surface area is 93.5 Å². The number of rotatable bonds is 3. The molecule has 0 radical (unpaired) electrons. The predicted molar refractivity (Wildman–Crippen MR) is 62.2 cm³/mol. The van der Waals surface area contributed by atoms with E-state index in [1.807, 2.05) is 19.0 Å². The normalized spacial score (nSPS) is 11.5. The Balaban J connectivity index is 2.46. The van der Waals surface area contributed by atoms with Crippen LogP contribution in [-0.2, 0) is 6.42 Å². The Hall–Kier alpha value is -1.55. The van der Waals surface area contributed by atoms with E-state index in [1.165, 1.54) is 0 Å². The Morgan fingerprint density at radius 1 is 1.38 bits per heavy atom. The second-order valence-corrected chi connectivity index (χ2v) is 4.17. The van der Waals surface area contributed by atoms with Gasteiger partial charge >= 0.3 is 0 Å². The Bertz CT molecular complexity index is 505. The predicted octanol–water partition coefficient (Wildman–Crippen LogP) is 2.12. The number of H-pyrrole nitrogens is 1. The fourth-order valence-corrected chi connectivity index (χ4v) is 1.84. The van der Waals surface area contributed by atoms with Gasteiger partial charge in [-0.25, -0.2) is 0 Å². The van der Waals surface area contributed by atoms with Gasteiger partial charge in [0.25, 0.3) is 0 Å². The number of benzene rings is 1. The fraction of sp³-hybridized carbons (Fsp3) is 0.333. The molecule has 1 aromatic heterocycles. The van der Waals surface area contributed by atoms with E-state index in [0.29, 0.717) is 22.9 Å². The molecule has 2 rings (SSSR count). The molecule has 0 atom stereocenters. The summed E-state index contributed by atoms with van der Waals surface area (Å²) < 4.78 is 13.6. The van der Waals surface area contributed by atoms with Crippen LogP contribution in [0.15, 0.2) is 18.2 Å². The van der Waals surface area contributed by atoms with E-state index in [0.717, 1.165) is 6.54 Å². The molecule has 1 heterocycles. The molecule has 16 heavy (non-hydrogen) atoms. The first kappa shape index (κ1) is 11.0. The van der Waals surface area contributed by atoms with Gasteiger partial charge in [0.05, 0.1) is 5.52 Å². The van der Waals surface area contributed by atoms with Crippen molar-refractivity contribution >= 4 is 10.9 Å². The Morgan fingerprint density at radius 2 is 2.12 bits per heavy atom. The summed E-state index contributed by atoms with van der Waals surface area (Å²) in [4.78, 5) is 4.63. The van der Waals surface area contributed by atoms with Crippen molar-refractivity contribution in [3.63, 3.8) is 0 Å². The van der Waals surface area contributed by atoms with Gasteiger partial charge in [0.15, 0.2) is 5.95 Å². The average molecular weight is 222 g/mol. The number of halogens is 1. The number of nitrogens with zero attached hydrogens (tertiary/aromatic N) is 1. The first-order valence-electron chi connectivity index (χ1n) is 5.22. The molecule has 0 saturated heterocycles. The molecule has 86 valence electrons. The summed E-state index contributed by atoms with van der Waals surface area (Å²) in [6.07, 6.45) is 0.580. The highest BCUT2D eigenvalue weighted by atomic mass is 19.1. The van der Waals surface area contributed by atoms with Gasteiger partial charge < -0.3 is 15.0 Å². The molecule has 1 aromatic carbocycles. The quantitative estimate of drug-likeness (QED) is 0.835. The molecule has 0 aliphatic carbocycles. The number of hydrogen-bond acceptors (Lipinski definition) is 2. The number of aromatic amines is 1. The third-order valence-corrected chi connectivity index (χ3v) is 2.66. The largest absolute Gasteiger partial charge is 0.507 e. The van der Waals surface area contributed by atoms with Crippen molar-refractivity contribution < 1.29 is 9.50 Å². The van der Waals surface area contributed by atoms with Gasteiger partial charge in [0.1, 0.15) is 5.75 Å². The lowest BCUT2D eigenvalue weighted by Gasteiger charge is -2.08. The van der Waals surface area contributed by atoms with Crippen LogP contribution < -0.4 is 0 Å². The highest BCUT2D eigenvalue weighted by Gasteiger charge is 2.14. The van der Waals surface area contributed by atoms with E-state index < -0.39 is 0 Å². The van der Waals surface area contributed by atoms with Gasteiger partial charge in [-0.3, -0.25) is 0 Å². The number of likely N-dealkylation sites (N-methyl/N-ethyl adjacent to an activating group) is 1. The van der Waals surface area contributed by atoms with E-state index in [9.17, 15) is 9.50 Å². The first-order chi connectivity index (χ1) is 7.59. The molecule has 2 aromatic rings. The molecule has 0 aliphatic rings. The van der Waals surface area contributed by atoms with E-state index >= 15 is 0 Å². The van der Waals surface area contributed by atoms with Gasteiger partial charge in [-0.2, -0.15) is 4.39 Å². The Kier molecular flexibility index (Phi) is 2.83. The van der Waals surface area contributed by atoms with Gasteiger partial charge in [-0.1, -0.05) is 6.07 Å². The van der Waals surface area contributed by atoms with Crippen LogP contribution in [0.5, 0.6) is 5.75 Å². The lowest BCUT2D eigenvalue weighted by atomic mass is 10.1. The highest BCUT2D eigenvalue weighted by Crippen LogP contribution is 2.29. The van der Waals surface area contributed by atoms with Gasteiger partial charge in [0.2, 0.25) is 0 Å². The minimum absolute atomic E-state index is 0.131. The van der Waals surface area contributed by atoms with Crippen molar-refractivity contribution in [3.05, 3.63) is 29.7 Å². The van der Waals surface area contributed by atoms with Crippen LogP contribution in [0.4, 0.5) is 4.39 Å². The maximum absolute atomic E-state index is 13.6. The summed E-state index contributed by atoms with van der Waals surface area (Å²) in [5.41, 5.74) is 1.20. The van der Waals surface area contributed by atoms with Crippen LogP contribution in [0.2, 0.25) is 0 Å². The number of hydrogen-bond donors (Lipinski definition) is 2. The number of aromatic hydroxyl groups is 1. The molecular weight excluding hydrogens is 207 g/mol. The second kappa shape index (κ2) is 4.14. The zero-order valence-corrected chi connectivity index (χ0v) is 9.42. The SMILES string of the molecule is CN(C)CCc1c(F)[nH]c2cccc(O)c12. The van der Waals surface area contributed by atoms with E-state index in [4.69, 9.17) is 0 Å². The topological polar surface area (TPSA) is 39.3 Å². The molecular formula is C12H15FN2O. The van der Waals surface area contributed by atoms with Crippen molar-refractivity contribution in [1.29, 1.82) is 0 Å². The number of phenolic OH excluding ortho intramolecular Hbond substituents is 1. The minimum atomic E-state index is -0.349. The van der Waals surface area contributed by atoms with Crippen molar-refractivity contribution in [2.24, 2.45) is 0 Å². The van der Waals surface area contributed by atoms with Crippen LogP contribution in [0.3, 0.4) is 0 Å². The molecule has 4 heteroatoms. The van der Waals surface area contributed by atoms with Crippen LogP contribution in [0.1, 0.15) is 5.56 Å². The number of aromatic nitrogens is 1. The van der Waals surface area contributed by atoms with Crippen LogP contribution in [0.25, 0.3) is 10.9 Å². The molecule has 0 spiro atoms. The number of fused-ring (bicyclic) bond motifs is 1. The summed E-state index contributed by atoms with van der Waals surface area (Å²) >= 11 is 0. The van der Waals surface area contributed by atoms with Crippen LogP contribution in [0, 0.1) is 5.95 Å². The van der Waals surface area contributed by atoms with Gasteiger partial charge in [0, 0.05) is 17.5 Å². The fourth-order valence-electron chi connectivity index (χ4n) is 1.84. The summed E-state index contributed by atoms with van der Waals surface area (Å²) in [5, 5.41) is 10.3. The van der Waals surface area contributed by atoms with Gasteiger partial charge in [-0.15, -0.1) is 0 Å². The summed E-state index contributed by atoms with van der Waals surface area (Å²) in [5.74, 6) is -0.218. The molecule has 0 aliphatic heterocycles. The molecule has 2 N–H and O–H groups in total. The van der Waals surface area contributed by atoms with Crippen molar-refractivity contribution in [2.45, 2.75) is 6.42 Å². The lowest BCUT2D eigenvalue weighted by molar-refractivity contribution is 0.410. The highest BCUT2D eigenvalue weighted by molar-refractivity contribution is 5.89. The molecule has 0 bridgehead atoms. The zero-order chi connectivity index (χ0) is 11.7. The molecule has 0 saturated carbocycles. The van der Waals surface area contributed by atoms with Crippen molar-refractivity contribution in [1.82, 2.24) is 9.88 Å². The first-order valence-corrected chi connectivity index (χ1v) is 5.22. The zero-order valence-electron chi connectivity index (χ0n) is 9.42. The minimum Gasteiger partial charge on any atom is -0.507 e. The molecule has 0 amide bonds. The second-order valence-electron chi connectivity index (χ2n) is 4.17. The van der Waals surface area contributed by atoms with E-state index in [2.05, 4.69) is 4.98 Å². The maximum atomic E-state index is 13.6. The molecule has 0 unspecified atom stereocenters. The standard InChI is InChI=1S/C12H15FN2O/c1-15(2)7-6-8-11-9(14-12(8)13)4-3-5-10(11)16/h3-5,14,16H,6-7H2,1-2H3. The maximum Gasteiger partial charge on any atom is 0.195 e. The third-order valence-electron chi connectivity index (χ3n) is 2.66. The summed E-state index contributed by atoms with van der Waals surface area (Å²) in [6.45, 7) is 0.748. The Morgan fingerprint density at radius 3 is 2.81 bits per heavy atom. The number of phenols is 1. The van der Waals surface area contributed by atoms with E-state index in [-0.39, 0.29) is 11.7 Å². The molecule has 0 fully saturated rings.